The molecule has 4 nitrogen and oxygen atoms in total. The second-order valence-electron chi connectivity index (χ2n) is 5.38. The minimum atomic E-state index is -0.116. The molecule has 1 amide bonds. The third-order valence-corrected chi connectivity index (χ3v) is 3.62. The van der Waals surface area contributed by atoms with Crippen molar-refractivity contribution in [1.82, 2.24) is 4.90 Å². The highest BCUT2D eigenvalue weighted by molar-refractivity contribution is 5.80. The summed E-state index contributed by atoms with van der Waals surface area (Å²) in [6.45, 7) is 6.19. The molecule has 2 saturated heterocycles. The molecule has 4 heteroatoms. The quantitative estimate of drug-likeness (QED) is 0.772. The number of nitrogens with zero attached hydrogens (tertiary/aromatic N) is 1. The summed E-state index contributed by atoms with van der Waals surface area (Å²) in [5.41, 5.74) is 6.03. The van der Waals surface area contributed by atoms with Crippen LogP contribution in [0.25, 0.3) is 0 Å². The maximum atomic E-state index is 12.1. The van der Waals surface area contributed by atoms with Crippen molar-refractivity contribution >= 4 is 5.91 Å². The van der Waals surface area contributed by atoms with Gasteiger partial charge in [0.15, 0.2) is 0 Å². The monoisotopic (exact) mass is 226 g/mol. The first-order chi connectivity index (χ1) is 7.54. The molecule has 0 aliphatic carbocycles. The number of likely N-dealkylation sites (tertiary alicyclic amines) is 1. The standard InChI is InChI=1S/C12H22N2O2/c1-3-4-12(13)7-14(8-12)11(15)10-5-9(2)16-6-10/h9-10H,3-8,13H2,1-2H3. The van der Waals surface area contributed by atoms with Gasteiger partial charge in [-0.1, -0.05) is 13.3 Å². The van der Waals surface area contributed by atoms with Gasteiger partial charge >= 0.3 is 0 Å². The van der Waals surface area contributed by atoms with E-state index in [1.807, 2.05) is 11.8 Å². The van der Waals surface area contributed by atoms with E-state index in [-0.39, 0.29) is 23.5 Å². The van der Waals surface area contributed by atoms with Crippen molar-refractivity contribution < 1.29 is 9.53 Å². The second-order valence-corrected chi connectivity index (χ2v) is 5.38. The van der Waals surface area contributed by atoms with Crippen LogP contribution < -0.4 is 5.73 Å². The summed E-state index contributed by atoms with van der Waals surface area (Å²) in [6, 6.07) is 0. The third-order valence-electron chi connectivity index (χ3n) is 3.62. The van der Waals surface area contributed by atoms with Crippen LogP contribution in [0.5, 0.6) is 0 Å². The first-order valence-corrected chi connectivity index (χ1v) is 6.23. The topological polar surface area (TPSA) is 55.6 Å². The van der Waals surface area contributed by atoms with Gasteiger partial charge in [-0.2, -0.15) is 0 Å². The summed E-state index contributed by atoms with van der Waals surface area (Å²) in [6.07, 6.45) is 3.19. The smallest absolute Gasteiger partial charge is 0.228 e. The molecule has 2 aliphatic rings. The Morgan fingerprint density at radius 1 is 1.56 bits per heavy atom. The van der Waals surface area contributed by atoms with Crippen LogP contribution in [0.2, 0.25) is 0 Å². The van der Waals surface area contributed by atoms with Gasteiger partial charge in [-0.15, -0.1) is 0 Å². The fourth-order valence-electron chi connectivity index (χ4n) is 2.77. The number of carbonyl (C=O) groups is 1. The molecule has 2 N–H and O–H groups in total. The zero-order valence-corrected chi connectivity index (χ0v) is 10.2. The van der Waals surface area contributed by atoms with Crippen molar-refractivity contribution in [3.8, 4) is 0 Å². The van der Waals surface area contributed by atoms with Crippen molar-refractivity contribution in [2.75, 3.05) is 19.7 Å². The highest BCUT2D eigenvalue weighted by Gasteiger charge is 2.43. The maximum absolute atomic E-state index is 12.1. The first-order valence-electron chi connectivity index (χ1n) is 6.23. The number of ether oxygens (including phenoxy) is 1. The van der Waals surface area contributed by atoms with E-state index in [1.165, 1.54) is 0 Å². The molecule has 2 unspecified atom stereocenters. The van der Waals surface area contributed by atoms with Crippen molar-refractivity contribution in [3.05, 3.63) is 0 Å². The molecular formula is C12H22N2O2. The molecule has 0 saturated carbocycles. The molecule has 2 rings (SSSR count). The van der Waals surface area contributed by atoms with Gasteiger partial charge in [0.1, 0.15) is 0 Å². The van der Waals surface area contributed by atoms with Crippen molar-refractivity contribution in [2.24, 2.45) is 11.7 Å². The van der Waals surface area contributed by atoms with E-state index in [4.69, 9.17) is 10.5 Å². The van der Waals surface area contributed by atoms with Crippen molar-refractivity contribution in [3.63, 3.8) is 0 Å². The van der Waals surface area contributed by atoms with E-state index in [2.05, 4.69) is 6.92 Å². The number of amides is 1. The zero-order valence-electron chi connectivity index (χ0n) is 10.2. The van der Waals surface area contributed by atoms with Crippen LogP contribution in [0, 0.1) is 5.92 Å². The van der Waals surface area contributed by atoms with Gasteiger partial charge in [-0.05, 0) is 19.8 Å². The molecule has 2 atom stereocenters. The Hall–Kier alpha value is -0.610. The molecule has 2 aliphatic heterocycles. The largest absolute Gasteiger partial charge is 0.378 e. The molecule has 0 aromatic rings. The summed E-state index contributed by atoms with van der Waals surface area (Å²) >= 11 is 0. The molecule has 0 aromatic heterocycles. The fraction of sp³-hybridized carbons (Fsp3) is 0.917. The van der Waals surface area contributed by atoms with Crippen LogP contribution in [0.3, 0.4) is 0 Å². The predicted molar refractivity (Wildman–Crippen MR) is 61.9 cm³/mol. The number of rotatable bonds is 3. The SMILES string of the molecule is CCCC1(N)CN(C(=O)C2COC(C)C2)C1. The van der Waals surface area contributed by atoms with Crippen LogP contribution >= 0.6 is 0 Å². The fourth-order valence-corrected chi connectivity index (χ4v) is 2.77. The van der Waals surface area contributed by atoms with Crippen LogP contribution in [0.15, 0.2) is 0 Å². The Morgan fingerprint density at radius 2 is 2.25 bits per heavy atom. The summed E-state index contributed by atoms with van der Waals surface area (Å²) in [7, 11) is 0. The lowest BCUT2D eigenvalue weighted by Gasteiger charge is -2.48. The van der Waals surface area contributed by atoms with E-state index in [0.717, 1.165) is 32.4 Å². The van der Waals surface area contributed by atoms with Gasteiger partial charge in [-0.3, -0.25) is 4.79 Å². The summed E-state index contributed by atoms with van der Waals surface area (Å²) < 4.78 is 5.43. The van der Waals surface area contributed by atoms with Crippen LogP contribution in [0.4, 0.5) is 0 Å². The lowest BCUT2D eigenvalue weighted by molar-refractivity contribution is -0.143. The lowest BCUT2D eigenvalue weighted by atomic mass is 9.85. The first kappa shape index (κ1) is 11.9. The van der Waals surface area contributed by atoms with Gasteiger partial charge in [0.25, 0.3) is 0 Å². The lowest BCUT2D eigenvalue weighted by Crippen LogP contribution is -2.69. The van der Waals surface area contributed by atoms with E-state index in [1.54, 1.807) is 0 Å². The van der Waals surface area contributed by atoms with E-state index in [0.29, 0.717) is 6.61 Å². The van der Waals surface area contributed by atoms with Crippen LogP contribution in [-0.4, -0.2) is 42.1 Å². The molecule has 92 valence electrons. The van der Waals surface area contributed by atoms with Gasteiger partial charge in [0.2, 0.25) is 5.91 Å². The third kappa shape index (κ3) is 2.23. The van der Waals surface area contributed by atoms with Crippen molar-refractivity contribution in [1.29, 1.82) is 0 Å². The molecule has 0 radical (unpaired) electrons. The van der Waals surface area contributed by atoms with E-state index < -0.39 is 0 Å². The summed E-state index contributed by atoms with van der Waals surface area (Å²) in [5.74, 6) is 0.308. The highest BCUT2D eigenvalue weighted by Crippen LogP contribution is 2.28. The van der Waals surface area contributed by atoms with Gasteiger partial charge in [0.05, 0.1) is 24.2 Å². The Kier molecular flexibility index (Phi) is 3.22. The number of hydrogen-bond acceptors (Lipinski definition) is 3. The molecule has 2 heterocycles. The summed E-state index contributed by atoms with van der Waals surface area (Å²) in [5, 5.41) is 0. The molecule has 2 fully saturated rings. The molecule has 0 aromatic carbocycles. The highest BCUT2D eigenvalue weighted by atomic mass is 16.5. The Morgan fingerprint density at radius 3 is 2.75 bits per heavy atom. The molecular weight excluding hydrogens is 204 g/mol. The van der Waals surface area contributed by atoms with Crippen LogP contribution in [0.1, 0.15) is 33.1 Å². The predicted octanol–water partition coefficient (Wildman–Crippen LogP) is 0.751. The Bertz CT molecular complexity index is 274. The average Bonchev–Trinajstić information content (AvgIpc) is 2.60. The second kappa shape index (κ2) is 4.34. The van der Waals surface area contributed by atoms with E-state index >= 15 is 0 Å². The van der Waals surface area contributed by atoms with Crippen molar-refractivity contribution in [2.45, 2.75) is 44.8 Å². The summed E-state index contributed by atoms with van der Waals surface area (Å²) in [4.78, 5) is 13.9. The Balaban J connectivity index is 1.81. The molecule has 0 bridgehead atoms. The maximum Gasteiger partial charge on any atom is 0.228 e. The molecule has 16 heavy (non-hydrogen) atoms. The van der Waals surface area contributed by atoms with Crippen LogP contribution in [-0.2, 0) is 9.53 Å². The van der Waals surface area contributed by atoms with Gasteiger partial charge in [-0.25, -0.2) is 0 Å². The normalized spacial score (nSPS) is 32.6. The Labute approximate surface area is 97.1 Å². The number of nitrogens with two attached hydrogens (primary N) is 1. The van der Waals surface area contributed by atoms with E-state index in [9.17, 15) is 4.79 Å². The number of carbonyl (C=O) groups excluding carboxylic acids is 1. The van der Waals surface area contributed by atoms with Gasteiger partial charge in [0, 0.05) is 13.1 Å². The van der Waals surface area contributed by atoms with Gasteiger partial charge < -0.3 is 15.4 Å². The number of hydrogen-bond donors (Lipinski definition) is 1. The minimum Gasteiger partial charge on any atom is -0.378 e. The minimum absolute atomic E-state index is 0.0705. The average molecular weight is 226 g/mol. The zero-order chi connectivity index (χ0) is 11.8. The molecule has 0 spiro atoms.